The molecule has 1 aliphatic rings. The van der Waals surface area contributed by atoms with E-state index in [0.29, 0.717) is 19.5 Å². The first-order valence-corrected chi connectivity index (χ1v) is 6.33. The zero-order chi connectivity index (χ0) is 12.8. The summed E-state index contributed by atoms with van der Waals surface area (Å²) in [5.41, 5.74) is 5.77. The van der Waals surface area contributed by atoms with Crippen molar-refractivity contribution in [2.45, 2.75) is 38.6 Å². The van der Waals surface area contributed by atoms with Crippen LogP contribution in [0.25, 0.3) is 0 Å². The highest BCUT2D eigenvalue weighted by molar-refractivity contribution is 5.80. The van der Waals surface area contributed by atoms with Gasteiger partial charge in [0, 0.05) is 38.5 Å². The van der Waals surface area contributed by atoms with E-state index in [1.807, 2.05) is 11.8 Å². The van der Waals surface area contributed by atoms with Crippen LogP contribution < -0.4 is 11.1 Å². The summed E-state index contributed by atoms with van der Waals surface area (Å²) in [4.78, 5) is 25.1. The molecule has 1 rings (SSSR count). The van der Waals surface area contributed by atoms with E-state index in [0.717, 1.165) is 19.3 Å². The van der Waals surface area contributed by atoms with Crippen molar-refractivity contribution in [3.63, 3.8) is 0 Å². The van der Waals surface area contributed by atoms with Crippen LogP contribution in [0.1, 0.15) is 32.6 Å². The van der Waals surface area contributed by atoms with Crippen molar-refractivity contribution in [2.24, 2.45) is 11.7 Å². The number of piperidine rings is 1. The summed E-state index contributed by atoms with van der Waals surface area (Å²) in [6, 6.07) is -0.0424. The third-order valence-electron chi connectivity index (χ3n) is 3.43. The number of likely N-dealkylation sites (tertiary alicyclic amines) is 1. The normalized spacial score (nSPS) is 18.9. The van der Waals surface area contributed by atoms with E-state index in [1.54, 1.807) is 7.05 Å². The monoisotopic (exact) mass is 241 g/mol. The minimum Gasteiger partial charge on any atom is -0.359 e. The van der Waals surface area contributed by atoms with Crippen LogP contribution in [-0.2, 0) is 9.59 Å². The van der Waals surface area contributed by atoms with Crippen molar-refractivity contribution in [1.29, 1.82) is 0 Å². The Labute approximate surface area is 103 Å². The second-order valence-electron chi connectivity index (χ2n) is 4.64. The van der Waals surface area contributed by atoms with E-state index in [9.17, 15) is 9.59 Å². The number of nitrogens with zero attached hydrogens (tertiary/aromatic N) is 1. The van der Waals surface area contributed by atoms with Crippen LogP contribution in [0.4, 0.5) is 0 Å². The number of hydrogen-bond acceptors (Lipinski definition) is 3. The Kier molecular flexibility index (Phi) is 5.41. The van der Waals surface area contributed by atoms with Crippen LogP contribution in [0.5, 0.6) is 0 Å². The Bertz CT molecular complexity index is 273. The van der Waals surface area contributed by atoms with E-state index >= 15 is 0 Å². The molecule has 5 heteroatoms. The maximum Gasteiger partial charge on any atom is 0.224 e. The molecule has 98 valence electrons. The molecule has 0 aromatic heterocycles. The van der Waals surface area contributed by atoms with Crippen LogP contribution in [0.15, 0.2) is 0 Å². The number of nitrogens with two attached hydrogens (primary N) is 1. The van der Waals surface area contributed by atoms with E-state index in [2.05, 4.69) is 5.32 Å². The number of amides is 2. The highest BCUT2D eigenvalue weighted by Gasteiger charge is 2.26. The Morgan fingerprint density at radius 2 is 2.00 bits per heavy atom. The van der Waals surface area contributed by atoms with Crippen LogP contribution in [0.3, 0.4) is 0 Å². The van der Waals surface area contributed by atoms with Gasteiger partial charge in [0.1, 0.15) is 0 Å². The summed E-state index contributed by atoms with van der Waals surface area (Å²) >= 11 is 0. The van der Waals surface area contributed by atoms with Gasteiger partial charge in [-0.1, -0.05) is 6.92 Å². The fourth-order valence-electron chi connectivity index (χ4n) is 2.09. The molecule has 0 spiro atoms. The number of hydrogen-bond donors (Lipinski definition) is 2. The molecule has 17 heavy (non-hydrogen) atoms. The highest BCUT2D eigenvalue weighted by Crippen LogP contribution is 2.18. The third-order valence-corrected chi connectivity index (χ3v) is 3.43. The highest BCUT2D eigenvalue weighted by atomic mass is 16.2. The molecule has 0 aromatic carbocycles. The van der Waals surface area contributed by atoms with Crippen molar-refractivity contribution >= 4 is 11.8 Å². The molecule has 0 bridgehead atoms. The van der Waals surface area contributed by atoms with E-state index in [1.165, 1.54) is 0 Å². The number of carbonyl (C=O) groups excluding carboxylic acids is 2. The molecule has 3 N–H and O–H groups in total. The maximum atomic E-state index is 11.9. The first-order valence-electron chi connectivity index (χ1n) is 6.33. The molecule has 0 aliphatic carbocycles. The van der Waals surface area contributed by atoms with Crippen molar-refractivity contribution in [3.8, 4) is 0 Å². The molecule has 5 nitrogen and oxygen atoms in total. The van der Waals surface area contributed by atoms with Crippen molar-refractivity contribution < 1.29 is 9.59 Å². The lowest BCUT2D eigenvalue weighted by atomic mass is 9.95. The summed E-state index contributed by atoms with van der Waals surface area (Å²) in [6.45, 7) is 3.33. The summed E-state index contributed by atoms with van der Waals surface area (Å²) in [7, 11) is 1.65. The molecule has 1 fully saturated rings. The van der Waals surface area contributed by atoms with Crippen molar-refractivity contribution in [2.75, 3.05) is 20.1 Å². The van der Waals surface area contributed by atoms with Gasteiger partial charge >= 0.3 is 0 Å². The SMILES string of the molecule is CCC(N)CC(=O)N1CCC(C(=O)NC)CC1. The third kappa shape index (κ3) is 4.00. The van der Waals surface area contributed by atoms with Gasteiger partial charge in [0.25, 0.3) is 0 Å². The van der Waals surface area contributed by atoms with E-state index < -0.39 is 0 Å². The molecule has 1 atom stereocenters. The Morgan fingerprint density at radius 3 is 2.47 bits per heavy atom. The summed E-state index contributed by atoms with van der Waals surface area (Å²) in [6.07, 6.45) is 2.75. The average molecular weight is 241 g/mol. The second-order valence-corrected chi connectivity index (χ2v) is 4.64. The molecular weight excluding hydrogens is 218 g/mol. The first-order chi connectivity index (χ1) is 8.08. The second kappa shape index (κ2) is 6.59. The van der Waals surface area contributed by atoms with Crippen molar-refractivity contribution in [1.82, 2.24) is 10.2 Å². The van der Waals surface area contributed by atoms with Gasteiger partial charge in [-0.05, 0) is 19.3 Å². The van der Waals surface area contributed by atoms with Gasteiger partial charge in [0.2, 0.25) is 11.8 Å². The van der Waals surface area contributed by atoms with Crippen LogP contribution in [0.2, 0.25) is 0 Å². The summed E-state index contributed by atoms with van der Waals surface area (Å²) in [5.74, 6) is 0.265. The van der Waals surface area contributed by atoms with Gasteiger partial charge < -0.3 is 16.0 Å². The molecule has 1 aliphatic heterocycles. The molecule has 2 amide bonds. The Balaban J connectivity index is 2.36. The maximum absolute atomic E-state index is 11.9. The van der Waals surface area contributed by atoms with Crippen LogP contribution in [-0.4, -0.2) is 42.9 Å². The predicted octanol–water partition coefficient (Wildman–Crippen LogP) is 0.0984. The quantitative estimate of drug-likeness (QED) is 0.733. The zero-order valence-corrected chi connectivity index (χ0v) is 10.7. The molecule has 1 unspecified atom stereocenters. The van der Waals surface area contributed by atoms with Gasteiger partial charge in [0.15, 0.2) is 0 Å². The number of nitrogens with one attached hydrogen (secondary N) is 1. The standard InChI is InChI=1S/C12H23N3O2/c1-3-10(13)8-11(16)15-6-4-9(5-7-15)12(17)14-2/h9-10H,3-8,13H2,1-2H3,(H,14,17). The lowest BCUT2D eigenvalue weighted by molar-refractivity contribution is -0.135. The fourth-order valence-corrected chi connectivity index (χ4v) is 2.09. The van der Waals surface area contributed by atoms with Crippen molar-refractivity contribution in [3.05, 3.63) is 0 Å². The van der Waals surface area contributed by atoms with Crippen LogP contribution >= 0.6 is 0 Å². The van der Waals surface area contributed by atoms with Gasteiger partial charge in [-0.25, -0.2) is 0 Å². The largest absolute Gasteiger partial charge is 0.359 e. The molecule has 1 heterocycles. The lowest BCUT2D eigenvalue weighted by Gasteiger charge is -2.31. The summed E-state index contributed by atoms with van der Waals surface area (Å²) in [5, 5.41) is 2.66. The lowest BCUT2D eigenvalue weighted by Crippen LogP contribution is -2.43. The molecule has 0 aromatic rings. The smallest absolute Gasteiger partial charge is 0.224 e. The van der Waals surface area contributed by atoms with Gasteiger partial charge in [-0.3, -0.25) is 9.59 Å². The van der Waals surface area contributed by atoms with Gasteiger partial charge in [-0.2, -0.15) is 0 Å². The van der Waals surface area contributed by atoms with Gasteiger partial charge in [0.05, 0.1) is 0 Å². The number of carbonyl (C=O) groups is 2. The molecular formula is C12H23N3O2. The van der Waals surface area contributed by atoms with E-state index in [-0.39, 0.29) is 23.8 Å². The van der Waals surface area contributed by atoms with Gasteiger partial charge in [-0.15, -0.1) is 0 Å². The molecule has 1 saturated heterocycles. The summed E-state index contributed by atoms with van der Waals surface area (Å²) < 4.78 is 0. The average Bonchev–Trinajstić information content (AvgIpc) is 2.37. The molecule has 0 saturated carbocycles. The van der Waals surface area contributed by atoms with Crippen LogP contribution in [0, 0.1) is 5.92 Å². The minimum absolute atomic E-state index is 0.0424. The van der Waals surface area contributed by atoms with E-state index in [4.69, 9.17) is 5.73 Å². The molecule has 0 radical (unpaired) electrons. The Hall–Kier alpha value is -1.10. The predicted molar refractivity (Wildman–Crippen MR) is 66.3 cm³/mol. The number of rotatable bonds is 4. The zero-order valence-electron chi connectivity index (χ0n) is 10.7. The minimum atomic E-state index is -0.0424. The Morgan fingerprint density at radius 1 is 1.41 bits per heavy atom. The fraction of sp³-hybridized carbons (Fsp3) is 0.833. The first kappa shape index (κ1) is 14.0. The topological polar surface area (TPSA) is 75.4 Å².